The molecule has 0 aliphatic heterocycles. The summed E-state index contributed by atoms with van der Waals surface area (Å²) in [5.74, 6) is -1.19. The molecule has 0 radical (unpaired) electrons. The van der Waals surface area contributed by atoms with Gasteiger partial charge in [0.05, 0.1) is 16.5 Å². The van der Waals surface area contributed by atoms with Gasteiger partial charge in [0.1, 0.15) is 11.4 Å². The van der Waals surface area contributed by atoms with Crippen LogP contribution in [-0.2, 0) is 0 Å². The van der Waals surface area contributed by atoms with Crippen LogP contribution in [0.1, 0.15) is 37.0 Å². The van der Waals surface area contributed by atoms with E-state index in [0.29, 0.717) is 12.8 Å². The van der Waals surface area contributed by atoms with Gasteiger partial charge in [0, 0.05) is 5.88 Å². The van der Waals surface area contributed by atoms with Gasteiger partial charge >= 0.3 is 0 Å². The Morgan fingerprint density at radius 2 is 2.05 bits per heavy atom. The highest BCUT2D eigenvalue weighted by Gasteiger charge is 2.30. The maximum absolute atomic E-state index is 13.1. The summed E-state index contributed by atoms with van der Waals surface area (Å²) in [5.41, 5.74) is -1.35. The quantitative estimate of drug-likeness (QED) is 0.498. The van der Waals surface area contributed by atoms with E-state index in [0.717, 1.165) is 18.2 Å². The Balaban J connectivity index is 3.12. The van der Waals surface area contributed by atoms with Crippen LogP contribution in [0.15, 0.2) is 18.2 Å². The molecule has 0 aliphatic rings. The number of rotatable bonds is 6. The number of hydrogen-bond acceptors (Lipinski definition) is 3. The van der Waals surface area contributed by atoms with Crippen molar-refractivity contribution in [3.05, 3.63) is 39.7 Å². The summed E-state index contributed by atoms with van der Waals surface area (Å²) in [6.07, 6.45) is 1.18. The molecule has 0 saturated heterocycles. The van der Waals surface area contributed by atoms with E-state index in [4.69, 9.17) is 11.6 Å². The van der Waals surface area contributed by atoms with Crippen molar-refractivity contribution in [1.29, 1.82) is 0 Å². The van der Waals surface area contributed by atoms with E-state index in [1.54, 1.807) is 0 Å². The van der Waals surface area contributed by atoms with Gasteiger partial charge in [-0.25, -0.2) is 4.39 Å². The fourth-order valence-corrected chi connectivity index (χ4v) is 2.25. The highest BCUT2D eigenvalue weighted by Crippen LogP contribution is 2.23. The lowest BCUT2D eigenvalue weighted by atomic mass is 9.94. The average Bonchev–Trinajstić information content (AvgIpc) is 2.44. The lowest BCUT2D eigenvalue weighted by molar-refractivity contribution is -0.385. The molecule has 0 unspecified atom stereocenters. The molecule has 20 heavy (non-hydrogen) atoms. The van der Waals surface area contributed by atoms with Gasteiger partial charge in [-0.1, -0.05) is 13.8 Å². The summed E-state index contributed by atoms with van der Waals surface area (Å²) in [6.45, 7) is 3.73. The number of alkyl halides is 1. The largest absolute Gasteiger partial charge is 0.345 e. The van der Waals surface area contributed by atoms with Crippen LogP contribution >= 0.6 is 11.6 Å². The number of nitro groups is 1. The molecule has 0 bridgehead atoms. The number of amides is 1. The molecule has 110 valence electrons. The minimum Gasteiger partial charge on any atom is -0.345 e. The predicted octanol–water partition coefficient (Wildman–Crippen LogP) is 3.26. The van der Waals surface area contributed by atoms with Gasteiger partial charge in [-0.2, -0.15) is 0 Å². The van der Waals surface area contributed by atoms with Gasteiger partial charge in [0.15, 0.2) is 0 Å². The second-order valence-corrected chi connectivity index (χ2v) is 4.76. The lowest BCUT2D eigenvalue weighted by Crippen LogP contribution is -2.49. The van der Waals surface area contributed by atoms with E-state index in [-0.39, 0.29) is 11.4 Å². The van der Waals surface area contributed by atoms with Crippen LogP contribution in [0.2, 0.25) is 0 Å². The minimum absolute atomic E-state index is 0.173. The normalized spacial score (nSPS) is 11.2. The van der Waals surface area contributed by atoms with E-state index >= 15 is 0 Å². The summed E-state index contributed by atoms with van der Waals surface area (Å²) in [4.78, 5) is 22.3. The molecule has 0 aliphatic carbocycles. The van der Waals surface area contributed by atoms with E-state index in [2.05, 4.69) is 5.32 Å². The Morgan fingerprint density at radius 3 is 2.50 bits per heavy atom. The van der Waals surface area contributed by atoms with Gasteiger partial charge in [0.25, 0.3) is 11.6 Å². The molecule has 0 aromatic heterocycles. The zero-order valence-corrected chi connectivity index (χ0v) is 12.0. The van der Waals surface area contributed by atoms with Gasteiger partial charge in [-0.15, -0.1) is 11.6 Å². The predicted molar refractivity (Wildman–Crippen MR) is 74.6 cm³/mol. The van der Waals surface area contributed by atoms with Gasteiger partial charge < -0.3 is 5.32 Å². The molecule has 1 N–H and O–H groups in total. The summed E-state index contributed by atoms with van der Waals surface area (Å²) in [5, 5.41) is 13.6. The van der Waals surface area contributed by atoms with Crippen LogP contribution in [0.5, 0.6) is 0 Å². The summed E-state index contributed by atoms with van der Waals surface area (Å²) in [6, 6.07) is 2.85. The van der Waals surface area contributed by atoms with Crippen LogP contribution in [0.4, 0.5) is 10.1 Å². The fraction of sp³-hybridized carbons (Fsp3) is 0.462. The van der Waals surface area contributed by atoms with Gasteiger partial charge in [0.2, 0.25) is 0 Å². The Morgan fingerprint density at radius 1 is 1.45 bits per heavy atom. The van der Waals surface area contributed by atoms with Crippen molar-refractivity contribution in [2.24, 2.45) is 0 Å². The molecule has 0 atom stereocenters. The van der Waals surface area contributed by atoms with Crippen molar-refractivity contribution in [3.63, 3.8) is 0 Å². The molecule has 0 spiro atoms. The minimum atomic E-state index is -0.780. The Labute approximate surface area is 121 Å². The highest BCUT2D eigenvalue weighted by molar-refractivity contribution is 6.19. The fourth-order valence-electron chi connectivity index (χ4n) is 1.81. The first-order valence-electron chi connectivity index (χ1n) is 6.21. The maximum Gasteiger partial charge on any atom is 0.285 e. The van der Waals surface area contributed by atoms with Crippen LogP contribution in [0.3, 0.4) is 0 Å². The van der Waals surface area contributed by atoms with E-state index in [1.807, 2.05) is 13.8 Å². The number of benzene rings is 1. The summed E-state index contributed by atoms with van der Waals surface area (Å²) in [7, 11) is 0. The molecule has 0 fully saturated rings. The molecular weight excluding hydrogens is 287 g/mol. The number of nitrogens with one attached hydrogen (secondary N) is 1. The van der Waals surface area contributed by atoms with Crippen molar-refractivity contribution in [2.75, 3.05) is 5.88 Å². The number of halogens is 2. The van der Waals surface area contributed by atoms with Crippen LogP contribution in [0.25, 0.3) is 0 Å². The molecule has 0 saturated carbocycles. The Bertz CT molecular complexity index is 510. The summed E-state index contributed by atoms with van der Waals surface area (Å²) >= 11 is 5.88. The Kier molecular flexibility index (Phi) is 5.44. The van der Waals surface area contributed by atoms with E-state index in [1.165, 1.54) is 0 Å². The third-order valence-electron chi connectivity index (χ3n) is 3.39. The zero-order chi connectivity index (χ0) is 15.3. The van der Waals surface area contributed by atoms with Crippen molar-refractivity contribution < 1.29 is 14.1 Å². The topological polar surface area (TPSA) is 72.2 Å². The van der Waals surface area contributed by atoms with Crippen LogP contribution < -0.4 is 5.32 Å². The number of carbonyl (C=O) groups excluding carboxylic acids is 1. The van der Waals surface area contributed by atoms with Crippen molar-refractivity contribution in [3.8, 4) is 0 Å². The number of nitrogens with zero attached hydrogens (tertiary/aromatic N) is 1. The van der Waals surface area contributed by atoms with Crippen LogP contribution in [-0.4, -0.2) is 22.2 Å². The van der Waals surface area contributed by atoms with Crippen molar-refractivity contribution in [1.82, 2.24) is 5.32 Å². The summed E-state index contributed by atoms with van der Waals surface area (Å²) < 4.78 is 13.1. The smallest absolute Gasteiger partial charge is 0.285 e. The molecule has 1 aromatic rings. The number of carbonyl (C=O) groups is 1. The first-order valence-corrected chi connectivity index (χ1v) is 6.75. The molecule has 5 nitrogen and oxygen atoms in total. The SMILES string of the molecule is CCC(CC)(CCl)NC(=O)c1ccc(F)cc1[N+](=O)[O-]. The third kappa shape index (κ3) is 3.45. The van der Waals surface area contributed by atoms with E-state index < -0.39 is 27.9 Å². The lowest BCUT2D eigenvalue weighted by Gasteiger charge is -2.30. The van der Waals surface area contributed by atoms with Gasteiger partial charge in [-0.05, 0) is 25.0 Å². The first-order chi connectivity index (χ1) is 9.39. The number of nitro benzene ring substituents is 1. The molecule has 7 heteroatoms. The average molecular weight is 303 g/mol. The Hall–Kier alpha value is -1.69. The maximum atomic E-state index is 13.1. The monoisotopic (exact) mass is 302 g/mol. The number of hydrogen-bond donors (Lipinski definition) is 1. The van der Waals surface area contributed by atoms with Crippen molar-refractivity contribution >= 4 is 23.2 Å². The van der Waals surface area contributed by atoms with E-state index in [9.17, 15) is 19.3 Å². The van der Waals surface area contributed by atoms with Gasteiger partial charge in [-0.3, -0.25) is 14.9 Å². The zero-order valence-electron chi connectivity index (χ0n) is 11.3. The molecule has 1 amide bonds. The highest BCUT2D eigenvalue weighted by atomic mass is 35.5. The van der Waals surface area contributed by atoms with Crippen molar-refractivity contribution in [2.45, 2.75) is 32.2 Å². The standard InChI is InChI=1S/C13H16ClFN2O3/c1-3-13(4-2,8-14)16-12(18)10-6-5-9(15)7-11(10)17(19)20/h5-7H,3-4,8H2,1-2H3,(H,16,18). The second-order valence-electron chi connectivity index (χ2n) is 4.49. The third-order valence-corrected chi connectivity index (χ3v) is 3.90. The first kappa shape index (κ1) is 16.4. The molecule has 1 aromatic carbocycles. The van der Waals surface area contributed by atoms with Crippen LogP contribution in [0, 0.1) is 15.9 Å². The molecular formula is C13H16ClFN2O3. The molecule has 1 rings (SSSR count). The molecule has 0 heterocycles. The second kappa shape index (κ2) is 6.65.